The van der Waals surface area contributed by atoms with E-state index in [2.05, 4.69) is 32.5 Å². The van der Waals surface area contributed by atoms with Crippen LogP contribution in [-0.2, 0) is 22.3 Å². The SMILES string of the molecule is C=N/N=C(\OCC(F)F)c1ccc(CN(c2ccccc2)S(=O)C2CCN(SC)CC2)nc1. The highest BCUT2D eigenvalue weighted by molar-refractivity contribution is 7.96. The van der Waals surface area contributed by atoms with Crippen molar-refractivity contribution in [3.8, 4) is 0 Å². The Morgan fingerprint density at radius 2 is 2.03 bits per heavy atom. The van der Waals surface area contributed by atoms with E-state index in [0.29, 0.717) is 17.8 Å². The van der Waals surface area contributed by atoms with E-state index < -0.39 is 24.0 Å². The molecule has 1 unspecified atom stereocenters. The van der Waals surface area contributed by atoms with Crippen molar-refractivity contribution in [1.29, 1.82) is 0 Å². The predicted octanol–water partition coefficient (Wildman–Crippen LogP) is 4.14. The molecule has 178 valence electrons. The van der Waals surface area contributed by atoms with Gasteiger partial charge in [-0.1, -0.05) is 30.1 Å². The molecular formula is C22H27F2N5O2S2. The topological polar surface area (TPSA) is 70.4 Å². The Kier molecular flexibility index (Phi) is 9.76. The van der Waals surface area contributed by atoms with E-state index in [1.165, 1.54) is 6.20 Å². The second-order valence-corrected chi connectivity index (χ2v) is 9.79. The Balaban J connectivity index is 1.77. The second kappa shape index (κ2) is 12.8. The van der Waals surface area contributed by atoms with E-state index in [1.54, 1.807) is 24.1 Å². The summed E-state index contributed by atoms with van der Waals surface area (Å²) in [7, 11) is -1.24. The molecule has 2 aromatic rings. The Bertz CT molecular complexity index is 940. The van der Waals surface area contributed by atoms with Gasteiger partial charge in [-0.05, 0) is 43.4 Å². The van der Waals surface area contributed by atoms with Crippen molar-refractivity contribution in [3.63, 3.8) is 0 Å². The third kappa shape index (κ3) is 7.31. The van der Waals surface area contributed by atoms with Crippen LogP contribution in [0.15, 0.2) is 58.9 Å². The van der Waals surface area contributed by atoms with E-state index in [4.69, 9.17) is 4.74 Å². The summed E-state index contributed by atoms with van der Waals surface area (Å²) in [6, 6.07) is 13.0. The zero-order chi connectivity index (χ0) is 23.6. The monoisotopic (exact) mass is 495 g/mol. The smallest absolute Gasteiger partial charge is 0.272 e. The molecule has 1 saturated heterocycles. The molecule has 2 heterocycles. The number of hydrogen-bond acceptors (Lipinski definition) is 7. The van der Waals surface area contributed by atoms with Crippen LogP contribution in [0.3, 0.4) is 0 Å². The zero-order valence-corrected chi connectivity index (χ0v) is 20.0. The van der Waals surface area contributed by atoms with Crippen LogP contribution >= 0.6 is 11.9 Å². The lowest BCUT2D eigenvalue weighted by molar-refractivity contribution is 0.0765. The fraction of sp³-hybridized carbons (Fsp3) is 0.409. The summed E-state index contributed by atoms with van der Waals surface area (Å²) in [6.45, 7) is 4.60. The maximum absolute atomic E-state index is 13.6. The lowest BCUT2D eigenvalue weighted by Gasteiger charge is -2.33. The van der Waals surface area contributed by atoms with Gasteiger partial charge in [0.25, 0.3) is 6.43 Å². The maximum Gasteiger partial charge on any atom is 0.272 e. The molecule has 0 spiro atoms. The summed E-state index contributed by atoms with van der Waals surface area (Å²) < 4.78 is 47.8. The Hall–Kier alpha value is -2.37. The van der Waals surface area contributed by atoms with Crippen molar-refractivity contribution in [2.24, 2.45) is 10.2 Å². The highest BCUT2D eigenvalue weighted by Crippen LogP contribution is 2.26. The molecule has 1 fully saturated rings. The number of para-hydroxylation sites is 1. The molecule has 0 aliphatic carbocycles. The van der Waals surface area contributed by atoms with Gasteiger partial charge in [0, 0.05) is 31.7 Å². The minimum atomic E-state index is -2.63. The van der Waals surface area contributed by atoms with Gasteiger partial charge in [-0.25, -0.2) is 13.0 Å². The van der Waals surface area contributed by atoms with E-state index in [0.717, 1.165) is 31.6 Å². The number of pyridine rings is 1. The van der Waals surface area contributed by atoms with Gasteiger partial charge in [0.05, 0.1) is 23.1 Å². The molecule has 0 saturated carbocycles. The Morgan fingerprint density at radius 3 is 2.61 bits per heavy atom. The van der Waals surface area contributed by atoms with Gasteiger partial charge in [-0.15, -0.1) is 5.10 Å². The van der Waals surface area contributed by atoms with Crippen LogP contribution in [0, 0.1) is 0 Å². The maximum atomic E-state index is 13.6. The van der Waals surface area contributed by atoms with Gasteiger partial charge in [0.1, 0.15) is 11.0 Å². The molecular weight excluding hydrogens is 468 g/mol. The summed E-state index contributed by atoms with van der Waals surface area (Å²) in [4.78, 5) is 4.43. The molecule has 0 radical (unpaired) electrons. The Morgan fingerprint density at radius 1 is 1.30 bits per heavy atom. The number of benzene rings is 1. The number of rotatable bonds is 10. The first-order valence-electron chi connectivity index (χ1n) is 10.4. The lowest BCUT2D eigenvalue weighted by Crippen LogP contribution is -2.40. The minimum absolute atomic E-state index is 0.0630. The summed E-state index contributed by atoms with van der Waals surface area (Å²) in [5.41, 5.74) is 1.94. The fourth-order valence-electron chi connectivity index (χ4n) is 3.42. The van der Waals surface area contributed by atoms with Crippen molar-refractivity contribution in [3.05, 3.63) is 59.9 Å². The molecule has 33 heavy (non-hydrogen) atoms. The number of halogens is 2. The highest BCUT2D eigenvalue weighted by atomic mass is 32.2. The van der Waals surface area contributed by atoms with E-state index in [-0.39, 0.29) is 11.1 Å². The normalized spacial score (nSPS) is 16.5. The number of ether oxygens (including phenoxy) is 1. The van der Waals surface area contributed by atoms with Crippen LogP contribution < -0.4 is 4.31 Å². The first kappa shape index (κ1) is 25.3. The van der Waals surface area contributed by atoms with Gasteiger partial charge in [0.15, 0.2) is 6.61 Å². The lowest BCUT2D eigenvalue weighted by atomic mass is 10.2. The average Bonchev–Trinajstić information content (AvgIpc) is 2.85. The summed E-state index contributed by atoms with van der Waals surface area (Å²) >= 11 is 1.72. The highest BCUT2D eigenvalue weighted by Gasteiger charge is 2.28. The zero-order valence-electron chi connectivity index (χ0n) is 18.3. The molecule has 0 bridgehead atoms. The predicted molar refractivity (Wildman–Crippen MR) is 131 cm³/mol. The van der Waals surface area contributed by atoms with Crippen LogP contribution in [0.4, 0.5) is 14.5 Å². The standard InChI is InChI=1S/C22H27F2N5O2S2/c1-25-27-22(31-16-21(23)24)17-8-9-18(26-14-17)15-29(19-6-4-3-5-7-19)33(30)20-10-12-28(32-2)13-11-20/h3-9,14,20-21H,1,10-13,15-16H2,2H3/b27-22-. The number of piperidine rings is 1. The largest absolute Gasteiger partial charge is 0.470 e. The van der Waals surface area contributed by atoms with Crippen LogP contribution in [-0.4, -0.2) is 63.7 Å². The molecule has 1 aromatic carbocycles. The van der Waals surface area contributed by atoms with Gasteiger partial charge in [-0.2, -0.15) is 5.10 Å². The van der Waals surface area contributed by atoms with Crippen molar-refractivity contribution < 1.29 is 17.7 Å². The van der Waals surface area contributed by atoms with Crippen LogP contribution in [0.5, 0.6) is 0 Å². The van der Waals surface area contributed by atoms with E-state index in [9.17, 15) is 13.0 Å². The molecule has 7 nitrogen and oxygen atoms in total. The van der Waals surface area contributed by atoms with E-state index in [1.807, 2.05) is 34.6 Å². The molecule has 1 aliphatic rings. The van der Waals surface area contributed by atoms with Gasteiger partial charge >= 0.3 is 0 Å². The number of hydrogen-bond donors (Lipinski definition) is 0. The van der Waals surface area contributed by atoms with Gasteiger partial charge < -0.3 is 4.74 Å². The third-order valence-corrected chi connectivity index (χ3v) is 7.79. The van der Waals surface area contributed by atoms with Crippen LogP contribution in [0.2, 0.25) is 0 Å². The average molecular weight is 496 g/mol. The summed E-state index contributed by atoms with van der Waals surface area (Å²) in [5, 5.41) is 7.11. The molecule has 11 heteroatoms. The summed E-state index contributed by atoms with van der Waals surface area (Å²) in [5.74, 6) is -0.0756. The Labute approximate surface area is 199 Å². The number of alkyl halides is 2. The van der Waals surface area contributed by atoms with Crippen LogP contribution in [0.25, 0.3) is 0 Å². The third-order valence-electron chi connectivity index (χ3n) is 5.09. The molecule has 1 aliphatic heterocycles. The van der Waals surface area contributed by atoms with Crippen molar-refractivity contribution in [2.45, 2.75) is 31.1 Å². The van der Waals surface area contributed by atoms with Gasteiger partial charge in [-0.3, -0.25) is 13.6 Å². The first-order chi connectivity index (χ1) is 16.0. The van der Waals surface area contributed by atoms with Crippen molar-refractivity contribution in [2.75, 3.05) is 30.3 Å². The molecule has 1 aromatic heterocycles. The number of anilines is 1. The molecule has 3 rings (SSSR count). The minimum Gasteiger partial charge on any atom is -0.470 e. The quantitative estimate of drug-likeness (QED) is 0.214. The molecule has 0 N–H and O–H groups in total. The fourth-order valence-corrected chi connectivity index (χ4v) is 5.56. The van der Waals surface area contributed by atoms with Crippen LogP contribution in [0.1, 0.15) is 24.1 Å². The van der Waals surface area contributed by atoms with Crippen molar-refractivity contribution in [1.82, 2.24) is 9.29 Å². The molecule has 1 atom stereocenters. The number of nitrogens with zero attached hydrogens (tertiary/aromatic N) is 5. The van der Waals surface area contributed by atoms with Gasteiger partial charge in [0.2, 0.25) is 5.90 Å². The second-order valence-electron chi connectivity index (χ2n) is 7.25. The number of aromatic nitrogens is 1. The van der Waals surface area contributed by atoms with Crippen molar-refractivity contribution >= 4 is 41.2 Å². The summed E-state index contributed by atoms with van der Waals surface area (Å²) in [6.07, 6.45) is 2.62. The first-order valence-corrected chi connectivity index (χ1v) is 12.8. The van der Waals surface area contributed by atoms with E-state index >= 15 is 0 Å². The molecule has 0 amide bonds.